The zero-order chi connectivity index (χ0) is 11.0. The van der Waals surface area contributed by atoms with Gasteiger partial charge in [-0.25, -0.2) is 8.42 Å². The maximum Gasteiger partial charge on any atom is 0.151 e. The Labute approximate surface area is 86.8 Å². The van der Waals surface area contributed by atoms with Crippen LogP contribution >= 0.6 is 0 Å². The normalized spacial score (nSPS) is 12.3. The number of unbranched alkanes of at least 4 members (excludes halogenated alkanes) is 1. The first-order valence-corrected chi connectivity index (χ1v) is 6.84. The van der Waals surface area contributed by atoms with Gasteiger partial charge in [0, 0.05) is 18.9 Å². The van der Waals surface area contributed by atoms with Crippen molar-refractivity contribution < 1.29 is 13.5 Å². The fraction of sp³-hybridized carbons (Fsp3) is 1.00. The SMILES string of the molecule is CCS(=O)(=O)CCN(C)CCCCO. The van der Waals surface area contributed by atoms with Crippen LogP contribution in [0.3, 0.4) is 0 Å². The van der Waals surface area contributed by atoms with E-state index < -0.39 is 9.84 Å². The van der Waals surface area contributed by atoms with E-state index >= 15 is 0 Å². The van der Waals surface area contributed by atoms with E-state index in [2.05, 4.69) is 0 Å². The summed E-state index contributed by atoms with van der Waals surface area (Å²) >= 11 is 0. The molecule has 0 atom stereocenters. The van der Waals surface area contributed by atoms with E-state index in [1.165, 1.54) is 0 Å². The van der Waals surface area contributed by atoms with E-state index in [1.54, 1.807) is 6.92 Å². The van der Waals surface area contributed by atoms with Crippen molar-refractivity contribution in [2.45, 2.75) is 19.8 Å². The van der Waals surface area contributed by atoms with Gasteiger partial charge >= 0.3 is 0 Å². The summed E-state index contributed by atoms with van der Waals surface area (Å²) in [6.07, 6.45) is 1.70. The smallest absolute Gasteiger partial charge is 0.151 e. The van der Waals surface area contributed by atoms with E-state index in [4.69, 9.17) is 5.11 Å². The molecule has 0 amide bonds. The van der Waals surface area contributed by atoms with E-state index in [0.717, 1.165) is 19.4 Å². The van der Waals surface area contributed by atoms with Crippen LogP contribution in [0.25, 0.3) is 0 Å². The van der Waals surface area contributed by atoms with E-state index in [-0.39, 0.29) is 18.1 Å². The zero-order valence-electron chi connectivity index (χ0n) is 9.07. The van der Waals surface area contributed by atoms with Gasteiger partial charge in [-0.3, -0.25) is 0 Å². The van der Waals surface area contributed by atoms with Gasteiger partial charge in [-0.15, -0.1) is 0 Å². The third-order valence-corrected chi connectivity index (χ3v) is 3.86. The summed E-state index contributed by atoms with van der Waals surface area (Å²) in [5, 5.41) is 8.56. The first kappa shape index (κ1) is 13.9. The van der Waals surface area contributed by atoms with Crippen molar-refractivity contribution in [3.63, 3.8) is 0 Å². The second-order valence-electron chi connectivity index (χ2n) is 3.47. The van der Waals surface area contributed by atoms with Crippen LogP contribution in [0.5, 0.6) is 0 Å². The van der Waals surface area contributed by atoms with Crippen LogP contribution in [0.15, 0.2) is 0 Å². The molecule has 0 saturated heterocycles. The van der Waals surface area contributed by atoms with Gasteiger partial charge < -0.3 is 10.0 Å². The van der Waals surface area contributed by atoms with Crippen LogP contribution in [-0.2, 0) is 9.84 Å². The van der Waals surface area contributed by atoms with E-state index in [0.29, 0.717) is 6.54 Å². The Morgan fingerprint density at radius 3 is 2.36 bits per heavy atom. The molecule has 0 spiro atoms. The second kappa shape index (κ2) is 7.20. The first-order chi connectivity index (χ1) is 6.52. The molecule has 0 rings (SSSR count). The molecule has 0 saturated carbocycles. The van der Waals surface area contributed by atoms with Gasteiger partial charge in [-0.2, -0.15) is 0 Å². The van der Waals surface area contributed by atoms with Crippen molar-refractivity contribution in [3.8, 4) is 0 Å². The third-order valence-electron chi connectivity index (χ3n) is 2.17. The molecule has 0 aliphatic carbocycles. The number of nitrogens with zero attached hydrogens (tertiary/aromatic N) is 1. The van der Waals surface area contributed by atoms with Gasteiger partial charge in [0.05, 0.1) is 5.75 Å². The molecule has 0 aromatic rings. The van der Waals surface area contributed by atoms with Crippen LogP contribution < -0.4 is 0 Å². The van der Waals surface area contributed by atoms with Crippen LogP contribution in [0.1, 0.15) is 19.8 Å². The highest BCUT2D eigenvalue weighted by Crippen LogP contribution is 1.95. The highest BCUT2D eigenvalue weighted by molar-refractivity contribution is 7.91. The molecular formula is C9H21NO3S. The maximum atomic E-state index is 11.2. The van der Waals surface area contributed by atoms with Crippen molar-refractivity contribution in [3.05, 3.63) is 0 Å². The Hall–Kier alpha value is -0.130. The monoisotopic (exact) mass is 223 g/mol. The largest absolute Gasteiger partial charge is 0.396 e. The Morgan fingerprint density at radius 2 is 1.86 bits per heavy atom. The summed E-state index contributed by atoms with van der Waals surface area (Å²) in [4.78, 5) is 1.99. The van der Waals surface area contributed by atoms with Gasteiger partial charge in [0.15, 0.2) is 9.84 Å². The zero-order valence-corrected chi connectivity index (χ0v) is 9.89. The molecule has 0 fully saturated rings. The molecule has 0 heterocycles. The lowest BCUT2D eigenvalue weighted by Crippen LogP contribution is -2.27. The summed E-state index contributed by atoms with van der Waals surface area (Å²) in [6.45, 7) is 3.31. The predicted octanol–water partition coefficient (Wildman–Crippen LogP) is 0.125. The number of hydrogen-bond donors (Lipinski definition) is 1. The lowest BCUT2D eigenvalue weighted by atomic mass is 10.3. The predicted molar refractivity (Wildman–Crippen MR) is 58.1 cm³/mol. The van der Waals surface area contributed by atoms with Gasteiger partial charge in [0.25, 0.3) is 0 Å². The molecule has 5 heteroatoms. The fourth-order valence-corrected chi connectivity index (χ4v) is 1.92. The van der Waals surface area contributed by atoms with Gasteiger partial charge in [0.2, 0.25) is 0 Å². The maximum absolute atomic E-state index is 11.2. The summed E-state index contributed by atoms with van der Waals surface area (Å²) in [6, 6.07) is 0. The molecule has 86 valence electrons. The lowest BCUT2D eigenvalue weighted by Gasteiger charge is -2.15. The Bertz CT molecular complexity index is 226. The lowest BCUT2D eigenvalue weighted by molar-refractivity contribution is 0.267. The topological polar surface area (TPSA) is 57.6 Å². The second-order valence-corrected chi connectivity index (χ2v) is 5.94. The summed E-state index contributed by atoms with van der Waals surface area (Å²) in [7, 11) is -0.931. The molecule has 0 aromatic carbocycles. The van der Waals surface area contributed by atoms with Gasteiger partial charge in [-0.1, -0.05) is 6.92 Å². The Morgan fingerprint density at radius 1 is 1.21 bits per heavy atom. The third kappa shape index (κ3) is 7.29. The molecule has 0 radical (unpaired) electrons. The highest BCUT2D eigenvalue weighted by Gasteiger charge is 2.08. The molecule has 0 unspecified atom stereocenters. The number of hydrogen-bond acceptors (Lipinski definition) is 4. The van der Waals surface area contributed by atoms with Crippen LogP contribution in [0, 0.1) is 0 Å². The van der Waals surface area contributed by atoms with Crippen LogP contribution in [-0.4, -0.2) is 56.7 Å². The molecule has 14 heavy (non-hydrogen) atoms. The van der Waals surface area contributed by atoms with Crippen molar-refractivity contribution >= 4 is 9.84 Å². The molecular weight excluding hydrogens is 202 g/mol. The number of sulfone groups is 1. The summed E-state index contributed by atoms with van der Waals surface area (Å²) in [5.74, 6) is 0.455. The Balaban J connectivity index is 3.58. The Kier molecular flexibility index (Phi) is 7.13. The van der Waals surface area contributed by atoms with Crippen molar-refractivity contribution in [1.82, 2.24) is 4.90 Å². The van der Waals surface area contributed by atoms with Crippen molar-refractivity contribution in [2.75, 3.05) is 38.2 Å². The molecule has 0 aliphatic heterocycles. The summed E-state index contributed by atoms with van der Waals surface area (Å²) in [5.41, 5.74) is 0. The van der Waals surface area contributed by atoms with E-state index in [9.17, 15) is 8.42 Å². The van der Waals surface area contributed by atoms with Crippen LogP contribution in [0.2, 0.25) is 0 Å². The molecule has 0 aliphatic rings. The molecule has 0 aromatic heterocycles. The highest BCUT2D eigenvalue weighted by atomic mass is 32.2. The number of rotatable bonds is 8. The summed E-state index contributed by atoms with van der Waals surface area (Å²) < 4.78 is 22.3. The minimum absolute atomic E-state index is 0.209. The van der Waals surface area contributed by atoms with Gasteiger partial charge in [-0.05, 0) is 26.4 Å². The average molecular weight is 223 g/mol. The molecule has 4 nitrogen and oxygen atoms in total. The molecule has 0 bridgehead atoms. The fourth-order valence-electron chi connectivity index (χ4n) is 1.04. The van der Waals surface area contributed by atoms with Gasteiger partial charge in [0.1, 0.15) is 0 Å². The van der Waals surface area contributed by atoms with Crippen molar-refractivity contribution in [2.24, 2.45) is 0 Å². The first-order valence-electron chi connectivity index (χ1n) is 5.01. The minimum atomic E-state index is -2.84. The number of aliphatic hydroxyl groups excluding tert-OH is 1. The standard InChI is InChI=1S/C9H21NO3S/c1-3-14(12,13)9-7-10(2)6-4-5-8-11/h11H,3-9H2,1-2H3. The molecule has 1 N–H and O–H groups in total. The van der Waals surface area contributed by atoms with E-state index in [1.807, 2.05) is 11.9 Å². The quantitative estimate of drug-likeness (QED) is 0.594. The van der Waals surface area contributed by atoms with Crippen molar-refractivity contribution in [1.29, 1.82) is 0 Å². The number of aliphatic hydroxyl groups is 1. The average Bonchev–Trinajstić information content (AvgIpc) is 2.16. The minimum Gasteiger partial charge on any atom is -0.396 e. The van der Waals surface area contributed by atoms with Crippen LogP contribution in [0.4, 0.5) is 0 Å².